The molecule has 6 heteroatoms. The summed E-state index contributed by atoms with van der Waals surface area (Å²) < 4.78 is 23.8. The van der Waals surface area contributed by atoms with Gasteiger partial charge in [-0.05, 0) is 20.8 Å². The van der Waals surface area contributed by atoms with Crippen LogP contribution >= 0.6 is 0 Å². The number of benzene rings is 2. The molecule has 4 rings (SSSR count). The van der Waals surface area contributed by atoms with Gasteiger partial charge < -0.3 is 4.90 Å². The zero-order valence-corrected chi connectivity index (χ0v) is 16.7. The Morgan fingerprint density at radius 3 is 1.23 bits per heavy atom. The maximum Gasteiger partial charge on any atom is 0.0742 e. The first-order valence-corrected chi connectivity index (χ1v) is 11.4. The largest absolute Gasteiger partial charge is 0.336 e. The predicted octanol–water partition coefficient (Wildman–Crippen LogP) is 2.98. The Hall–Kier alpha value is -2.44. The number of para-hydroxylation sites is 4. The van der Waals surface area contributed by atoms with Crippen molar-refractivity contribution >= 4 is 8.33 Å². The van der Waals surface area contributed by atoms with Gasteiger partial charge in [-0.2, -0.15) is 0 Å². The molecule has 1 spiro atoms. The minimum absolute atomic E-state index is 0.614. The number of fused-ring (bicyclic) bond motifs is 2. The Morgan fingerprint density at radius 1 is 0.731 bits per heavy atom. The Kier molecular flexibility index (Phi) is 4.98. The summed E-state index contributed by atoms with van der Waals surface area (Å²) in [5.74, 6) is 2.46. The molecule has 2 aromatic carbocycles. The fourth-order valence-corrected chi connectivity index (χ4v) is 5.91. The van der Waals surface area contributed by atoms with Crippen molar-refractivity contribution in [1.29, 1.82) is 0 Å². The van der Waals surface area contributed by atoms with Gasteiger partial charge in [-0.3, -0.25) is 0 Å². The Bertz CT molecular complexity index is 672. The van der Waals surface area contributed by atoms with Crippen molar-refractivity contribution in [2.45, 2.75) is 20.8 Å². The quantitative estimate of drug-likeness (QED) is 0.837. The van der Waals surface area contributed by atoms with E-state index in [0.29, 0.717) is 23.0 Å². The molecule has 0 radical (unpaired) electrons. The van der Waals surface area contributed by atoms with Crippen LogP contribution < -0.4 is 22.6 Å². The van der Waals surface area contributed by atoms with E-state index in [-0.39, 0.29) is 0 Å². The maximum absolute atomic E-state index is 5.94. The summed E-state index contributed by atoms with van der Waals surface area (Å²) in [5, 5.41) is 0. The second kappa shape index (κ2) is 7.05. The number of hydrogen-bond acceptors (Lipinski definition) is 4. The van der Waals surface area contributed by atoms with E-state index in [0.717, 1.165) is 0 Å². The molecule has 140 valence electrons. The van der Waals surface area contributed by atoms with Crippen molar-refractivity contribution in [3.8, 4) is 23.0 Å². The minimum atomic E-state index is -4.11. The number of quaternary nitrogens is 1. The van der Waals surface area contributed by atoms with Crippen LogP contribution in [0.25, 0.3) is 0 Å². The smallest absolute Gasteiger partial charge is 0.0742 e. The van der Waals surface area contributed by atoms with Gasteiger partial charge in [0.1, 0.15) is 0 Å². The average Bonchev–Trinajstić information content (AvgIpc) is 3.18. The van der Waals surface area contributed by atoms with Gasteiger partial charge in [0.05, 0.1) is 19.6 Å². The van der Waals surface area contributed by atoms with E-state index in [1.54, 1.807) is 4.90 Å². The Labute approximate surface area is 155 Å². The van der Waals surface area contributed by atoms with Crippen molar-refractivity contribution in [3.05, 3.63) is 60.8 Å². The standard InChI is InChI=1S/C14H11O4Si.C6H15N/c1-2-19(15-11-7-3-4-8-12(11)16-19)17-13-9-5-6-10-14(13)18-19;1-4-7(5-2)6-3/h2-10H,1H2;4-6H2,1-3H3/q-1;/p+1. The molecule has 0 bridgehead atoms. The average molecular weight is 374 g/mol. The fourth-order valence-electron chi connectivity index (χ4n) is 3.07. The van der Waals surface area contributed by atoms with Gasteiger partial charge in [0, 0.05) is 0 Å². The third kappa shape index (κ3) is 3.18. The first kappa shape index (κ1) is 18.4. The summed E-state index contributed by atoms with van der Waals surface area (Å²) in [4.78, 5) is 1.68. The zero-order chi connectivity index (χ0) is 18.6. The van der Waals surface area contributed by atoms with Crippen molar-refractivity contribution in [2.75, 3.05) is 19.6 Å². The Balaban J connectivity index is 0.000000242. The topological polar surface area (TPSA) is 41.4 Å². The van der Waals surface area contributed by atoms with E-state index in [2.05, 4.69) is 27.4 Å². The SMILES string of the molecule is C=C[Si-]12(Oc3ccccc3O1)Oc1ccccc1O2.CC[NH+](CC)CC. The molecule has 0 saturated heterocycles. The van der Waals surface area contributed by atoms with Crippen molar-refractivity contribution in [3.63, 3.8) is 0 Å². The van der Waals surface area contributed by atoms with Gasteiger partial charge in [0.2, 0.25) is 0 Å². The molecule has 0 atom stereocenters. The van der Waals surface area contributed by atoms with E-state index in [1.165, 1.54) is 25.3 Å². The van der Waals surface area contributed by atoms with Gasteiger partial charge >= 0.3 is 110 Å². The van der Waals surface area contributed by atoms with Crippen LogP contribution in [-0.4, -0.2) is 28.0 Å². The van der Waals surface area contributed by atoms with Crippen molar-refractivity contribution in [1.82, 2.24) is 0 Å². The van der Waals surface area contributed by atoms with E-state index in [9.17, 15) is 0 Å². The molecule has 26 heavy (non-hydrogen) atoms. The molecule has 0 fully saturated rings. The Morgan fingerprint density at radius 2 is 1.04 bits per heavy atom. The molecule has 0 aromatic heterocycles. The normalized spacial score (nSPS) is 18.5. The van der Waals surface area contributed by atoms with Crippen LogP contribution in [0.15, 0.2) is 60.8 Å². The molecule has 2 heterocycles. The van der Waals surface area contributed by atoms with E-state index in [4.69, 9.17) is 17.7 Å². The summed E-state index contributed by atoms with van der Waals surface area (Å²) >= 11 is 0. The summed E-state index contributed by atoms with van der Waals surface area (Å²) in [6.45, 7) is 14.3. The van der Waals surface area contributed by atoms with Crippen LogP contribution in [0.2, 0.25) is 0 Å². The van der Waals surface area contributed by atoms with Crippen molar-refractivity contribution in [2.24, 2.45) is 0 Å². The molecule has 0 aliphatic carbocycles. The molecule has 1 N–H and O–H groups in total. The van der Waals surface area contributed by atoms with Gasteiger partial charge in [-0.15, -0.1) is 0 Å². The number of rotatable bonds is 4. The van der Waals surface area contributed by atoms with Gasteiger partial charge in [-0.1, -0.05) is 0 Å². The molecule has 0 amide bonds. The van der Waals surface area contributed by atoms with E-state index < -0.39 is 8.33 Å². The molecular formula is C20H27NO4Si. The summed E-state index contributed by atoms with van der Waals surface area (Å²) in [5.41, 5.74) is 1.53. The van der Waals surface area contributed by atoms with Gasteiger partial charge in [0.25, 0.3) is 0 Å². The third-order valence-electron chi connectivity index (χ3n) is 4.71. The molecular weight excluding hydrogens is 346 g/mol. The molecule has 0 unspecified atom stereocenters. The molecule has 2 aliphatic rings. The first-order valence-electron chi connectivity index (χ1n) is 9.17. The molecule has 2 aliphatic heterocycles. The second-order valence-electron chi connectivity index (χ2n) is 6.29. The maximum atomic E-state index is 5.94. The van der Waals surface area contributed by atoms with Gasteiger partial charge in [0.15, 0.2) is 0 Å². The summed E-state index contributed by atoms with van der Waals surface area (Å²) in [7, 11) is -4.11. The second-order valence-corrected chi connectivity index (χ2v) is 9.46. The van der Waals surface area contributed by atoms with Crippen LogP contribution in [0.1, 0.15) is 20.8 Å². The van der Waals surface area contributed by atoms with Crippen molar-refractivity contribution < 1.29 is 22.6 Å². The first-order chi connectivity index (χ1) is 12.6. The van der Waals surface area contributed by atoms with E-state index in [1.807, 2.05) is 48.5 Å². The summed E-state index contributed by atoms with van der Waals surface area (Å²) in [6, 6.07) is 14.8. The number of hydrogen-bond donors (Lipinski definition) is 1. The van der Waals surface area contributed by atoms with Crippen LogP contribution in [-0.2, 0) is 0 Å². The zero-order valence-electron chi connectivity index (χ0n) is 15.7. The van der Waals surface area contributed by atoms with E-state index >= 15 is 0 Å². The van der Waals surface area contributed by atoms with Crippen LogP contribution in [0.3, 0.4) is 0 Å². The summed E-state index contributed by atoms with van der Waals surface area (Å²) in [6.07, 6.45) is 0. The fraction of sp³-hybridized carbons (Fsp3) is 0.300. The molecule has 0 saturated carbocycles. The molecule has 5 nitrogen and oxygen atoms in total. The monoisotopic (exact) mass is 373 g/mol. The molecule has 2 aromatic rings. The predicted molar refractivity (Wildman–Crippen MR) is 104 cm³/mol. The van der Waals surface area contributed by atoms with Gasteiger partial charge in [-0.25, -0.2) is 0 Å². The number of nitrogens with one attached hydrogen (secondary N) is 1. The minimum Gasteiger partial charge on any atom is -0.336 e. The third-order valence-corrected chi connectivity index (χ3v) is 7.72. The van der Waals surface area contributed by atoms with Crippen LogP contribution in [0.5, 0.6) is 23.0 Å². The van der Waals surface area contributed by atoms with Crippen LogP contribution in [0, 0.1) is 0 Å². The van der Waals surface area contributed by atoms with Crippen LogP contribution in [0.4, 0.5) is 0 Å².